The molecule has 2 aromatic rings. The number of fused-ring (bicyclic) bond motifs is 1. The Kier molecular flexibility index (Phi) is 3.06. The third-order valence-electron chi connectivity index (χ3n) is 3.71. The molecular formula is C14H19N5. The van der Waals surface area contributed by atoms with Crippen molar-refractivity contribution in [1.29, 1.82) is 0 Å². The molecule has 0 saturated carbocycles. The van der Waals surface area contributed by atoms with Crippen LogP contribution >= 0.6 is 0 Å². The second kappa shape index (κ2) is 4.74. The highest BCUT2D eigenvalue weighted by Crippen LogP contribution is 2.28. The van der Waals surface area contributed by atoms with E-state index < -0.39 is 0 Å². The maximum atomic E-state index is 6.10. The number of aryl methyl sites for hydroxylation is 3. The van der Waals surface area contributed by atoms with Crippen molar-refractivity contribution in [3.8, 4) is 11.4 Å². The predicted molar refractivity (Wildman–Crippen MR) is 73.5 cm³/mol. The van der Waals surface area contributed by atoms with Crippen LogP contribution in [0.1, 0.15) is 42.8 Å². The maximum Gasteiger partial charge on any atom is 0.162 e. The van der Waals surface area contributed by atoms with Crippen LogP contribution < -0.4 is 5.73 Å². The lowest BCUT2D eigenvalue weighted by atomic mass is 9.93. The standard InChI is InChI=1S/C14H19N5/c1-3-12-10(8-19(2)18-12)14-16-7-9-11(15)5-4-6-13(9)17-14/h7-8,11H,3-6,15H2,1-2H3. The van der Waals surface area contributed by atoms with Gasteiger partial charge in [-0.05, 0) is 25.7 Å². The molecule has 5 nitrogen and oxygen atoms in total. The molecule has 2 N–H and O–H groups in total. The van der Waals surface area contributed by atoms with Crippen molar-refractivity contribution in [2.24, 2.45) is 12.8 Å². The fourth-order valence-corrected chi connectivity index (χ4v) is 2.69. The molecule has 1 atom stereocenters. The molecule has 100 valence electrons. The van der Waals surface area contributed by atoms with Gasteiger partial charge in [-0.1, -0.05) is 6.92 Å². The Morgan fingerprint density at radius 2 is 2.32 bits per heavy atom. The Bertz CT molecular complexity index is 602. The minimum Gasteiger partial charge on any atom is -0.324 e. The van der Waals surface area contributed by atoms with Crippen molar-refractivity contribution < 1.29 is 0 Å². The zero-order valence-corrected chi connectivity index (χ0v) is 11.4. The van der Waals surface area contributed by atoms with Crippen molar-refractivity contribution in [2.75, 3.05) is 0 Å². The second-order valence-corrected chi connectivity index (χ2v) is 5.11. The van der Waals surface area contributed by atoms with Crippen molar-refractivity contribution in [3.63, 3.8) is 0 Å². The lowest BCUT2D eigenvalue weighted by molar-refractivity contribution is 0.557. The number of rotatable bonds is 2. The van der Waals surface area contributed by atoms with Gasteiger partial charge in [0.25, 0.3) is 0 Å². The average Bonchev–Trinajstić information content (AvgIpc) is 2.80. The first-order valence-corrected chi connectivity index (χ1v) is 6.83. The van der Waals surface area contributed by atoms with Crippen LogP contribution in [0.5, 0.6) is 0 Å². The third kappa shape index (κ3) is 2.14. The molecule has 0 radical (unpaired) electrons. The fraction of sp³-hybridized carbons (Fsp3) is 0.500. The van der Waals surface area contributed by atoms with Crippen molar-refractivity contribution in [2.45, 2.75) is 38.6 Å². The Labute approximate surface area is 112 Å². The number of hydrogen-bond donors (Lipinski definition) is 1. The first-order chi connectivity index (χ1) is 9.19. The summed E-state index contributed by atoms with van der Waals surface area (Å²) in [6.45, 7) is 2.10. The molecule has 0 amide bonds. The lowest BCUT2D eigenvalue weighted by Crippen LogP contribution is -2.19. The van der Waals surface area contributed by atoms with Gasteiger partial charge in [0.2, 0.25) is 0 Å². The summed E-state index contributed by atoms with van der Waals surface area (Å²) < 4.78 is 1.82. The van der Waals surface area contributed by atoms with Gasteiger partial charge in [-0.2, -0.15) is 5.10 Å². The molecule has 3 rings (SSSR count). The zero-order valence-electron chi connectivity index (χ0n) is 11.4. The van der Waals surface area contributed by atoms with Gasteiger partial charge in [0, 0.05) is 36.7 Å². The molecule has 0 aromatic carbocycles. The molecule has 0 aliphatic heterocycles. The quantitative estimate of drug-likeness (QED) is 0.890. The summed E-state index contributed by atoms with van der Waals surface area (Å²) in [4.78, 5) is 9.20. The topological polar surface area (TPSA) is 69.6 Å². The lowest BCUT2D eigenvalue weighted by Gasteiger charge is -2.20. The second-order valence-electron chi connectivity index (χ2n) is 5.11. The predicted octanol–water partition coefficient (Wildman–Crippen LogP) is 1.78. The zero-order chi connectivity index (χ0) is 13.4. The highest BCUT2D eigenvalue weighted by atomic mass is 15.3. The SMILES string of the molecule is CCc1nn(C)cc1-c1ncc2c(n1)CCCC2N. The average molecular weight is 257 g/mol. The largest absolute Gasteiger partial charge is 0.324 e. The Hall–Kier alpha value is -1.75. The molecule has 0 bridgehead atoms. The van der Waals surface area contributed by atoms with Gasteiger partial charge in [0.1, 0.15) is 0 Å². The Balaban J connectivity index is 2.06. The number of aromatic nitrogens is 4. The highest BCUT2D eigenvalue weighted by molar-refractivity contribution is 5.57. The molecule has 1 aliphatic carbocycles. The molecule has 0 spiro atoms. The van der Waals surface area contributed by atoms with E-state index in [2.05, 4.69) is 17.0 Å². The molecule has 1 aliphatic rings. The summed E-state index contributed by atoms with van der Waals surface area (Å²) in [6.07, 6.45) is 7.91. The summed E-state index contributed by atoms with van der Waals surface area (Å²) in [7, 11) is 1.93. The van der Waals surface area contributed by atoms with Crippen LogP contribution in [0.3, 0.4) is 0 Å². The number of hydrogen-bond acceptors (Lipinski definition) is 4. The van der Waals surface area contributed by atoms with Crippen molar-refractivity contribution in [3.05, 3.63) is 29.3 Å². The monoisotopic (exact) mass is 257 g/mol. The van der Waals surface area contributed by atoms with Gasteiger partial charge >= 0.3 is 0 Å². The van der Waals surface area contributed by atoms with Crippen LogP contribution in [0.2, 0.25) is 0 Å². The summed E-state index contributed by atoms with van der Waals surface area (Å²) >= 11 is 0. The van der Waals surface area contributed by atoms with E-state index in [9.17, 15) is 0 Å². The van der Waals surface area contributed by atoms with E-state index in [4.69, 9.17) is 10.7 Å². The maximum absolute atomic E-state index is 6.10. The van der Waals surface area contributed by atoms with Gasteiger partial charge in [-0.3, -0.25) is 4.68 Å². The summed E-state index contributed by atoms with van der Waals surface area (Å²) in [5, 5.41) is 4.44. The van der Waals surface area contributed by atoms with Crippen LogP contribution in [0, 0.1) is 0 Å². The summed E-state index contributed by atoms with van der Waals surface area (Å²) in [5.41, 5.74) is 10.4. The van der Waals surface area contributed by atoms with Crippen molar-refractivity contribution in [1.82, 2.24) is 19.7 Å². The van der Waals surface area contributed by atoms with Crippen LogP contribution in [0.4, 0.5) is 0 Å². The molecule has 5 heteroatoms. The highest BCUT2D eigenvalue weighted by Gasteiger charge is 2.20. The van der Waals surface area contributed by atoms with E-state index in [1.165, 1.54) is 0 Å². The van der Waals surface area contributed by atoms with E-state index in [0.717, 1.165) is 54.0 Å². The van der Waals surface area contributed by atoms with Gasteiger partial charge in [-0.15, -0.1) is 0 Å². The number of nitrogens with two attached hydrogens (primary N) is 1. The van der Waals surface area contributed by atoms with E-state index in [1.807, 2.05) is 24.1 Å². The number of nitrogens with zero attached hydrogens (tertiary/aromatic N) is 4. The van der Waals surface area contributed by atoms with E-state index in [0.29, 0.717) is 0 Å². The van der Waals surface area contributed by atoms with E-state index in [-0.39, 0.29) is 6.04 Å². The molecule has 2 aromatic heterocycles. The van der Waals surface area contributed by atoms with E-state index in [1.54, 1.807) is 0 Å². The molecule has 19 heavy (non-hydrogen) atoms. The normalized spacial score (nSPS) is 18.4. The van der Waals surface area contributed by atoms with Gasteiger partial charge in [0.05, 0.1) is 11.3 Å². The van der Waals surface area contributed by atoms with Gasteiger partial charge < -0.3 is 5.73 Å². The smallest absolute Gasteiger partial charge is 0.162 e. The fourth-order valence-electron chi connectivity index (χ4n) is 2.69. The van der Waals surface area contributed by atoms with Gasteiger partial charge in [-0.25, -0.2) is 9.97 Å². The van der Waals surface area contributed by atoms with Crippen LogP contribution in [0.25, 0.3) is 11.4 Å². The Morgan fingerprint density at radius 3 is 3.11 bits per heavy atom. The molecule has 0 saturated heterocycles. The van der Waals surface area contributed by atoms with Crippen molar-refractivity contribution >= 4 is 0 Å². The molecule has 2 heterocycles. The summed E-state index contributed by atoms with van der Waals surface area (Å²) in [5.74, 6) is 0.776. The molecular weight excluding hydrogens is 238 g/mol. The third-order valence-corrected chi connectivity index (χ3v) is 3.71. The first-order valence-electron chi connectivity index (χ1n) is 6.83. The van der Waals surface area contributed by atoms with E-state index >= 15 is 0 Å². The first kappa shape index (κ1) is 12.3. The summed E-state index contributed by atoms with van der Waals surface area (Å²) in [6, 6.07) is 0.0948. The Morgan fingerprint density at radius 1 is 1.47 bits per heavy atom. The minimum absolute atomic E-state index is 0.0948. The van der Waals surface area contributed by atoms with Crippen LogP contribution in [0.15, 0.2) is 12.4 Å². The molecule has 0 fully saturated rings. The van der Waals surface area contributed by atoms with Gasteiger partial charge in [0.15, 0.2) is 5.82 Å². The van der Waals surface area contributed by atoms with Crippen LogP contribution in [-0.4, -0.2) is 19.7 Å². The molecule has 1 unspecified atom stereocenters. The minimum atomic E-state index is 0.0948. The van der Waals surface area contributed by atoms with Crippen LogP contribution in [-0.2, 0) is 19.9 Å².